The summed E-state index contributed by atoms with van der Waals surface area (Å²) in [7, 11) is 0. The van der Waals surface area contributed by atoms with Crippen LogP contribution in [0.3, 0.4) is 0 Å². The van der Waals surface area contributed by atoms with E-state index in [1.54, 1.807) is 6.07 Å². The van der Waals surface area contributed by atoms with Crippen molar-refractivity contribution in [3.63, 3.8) is 0 Å². The van der Waals surface area contributed by atoms with Gasteiger partial charge in [0.2, 0.25) is 11.8 Å². The Bertz CT molecular complexity index is 830. The SMILES string of the molecule is CC(=O)Oc1cc(C)cc(C)c1C(C)(C)CC(=O)On1c(O)ccc1O. The third kappa shape index (κ3) is 4.17. The van der Waals surface area contributed by atoms with Crippen molar-refractivity contribution >= 4 is 11.9 Å². The highest BCUT2D eigenvalue weighted by Crippen LogP contribution is 2.38. The van der Waals surface area contributed by atoms with Crippen LogP contribution in [0, 0.1) is 13.8 Å². The van der Waals surface area contributed by atoms with E-state index in [0.29, 0.717) is 10.5 Å². The maximum atomic E-state index is 12.3. The smallest absolute Gasteiger partial charge is 0.334 e. The Morgan fingerprint density at radius 1 is 1.12 bits per heavy atom. The molecule has 0 atom stereocenters. The molecule has 7 nitrogen and oxygen atoms in total. The number of hydrogen-bond acceptors (Lipinski definition) is 6. The van der Waals surface area contributed by atoms with E-state index in [-0.39, 0.29) is 18.2 Å². The Balaban J connectivity index is 2.32. The minimum absolute atomic E-state index is 0.0672. The maximum Gasteiger partial charge on any atom is 0.334 e. The molecule has 26 heavy (non-hydrogen) atoms. The molecule has 1 aromatic carbocycles. The monoisotopic (exact) mass is 361 g/mol. The van der Waals surface area contributed by atoms with Gasteiger partial charge in [0.05, 0.1) is 6.42 Å². The largest absolute Gasteiger partial charge is 0.492 e. The molecule has 0 radical (unpaired) electrons. The van der Waals surface area contributed by atoms with Crippen molar-refractivity contribution in [3.05, 3.63) is 41.0 Å². The number of hydrogen-bond donors (Lipinski definition) is 2. The van der Waals surface area contributed by atoms with Crippen LogP contribution in [0.2, 0.25) is 0 Å². The van der Waals surface area contributed by atoms with Gasteiger partial charge in [-0.1, -0.05) is 19.9 Å². The number of benzene rings is 1. The highest BCUT2D eigenvalue weighted by atomic mass is 16.7. The normalized spacial score (nSPS) is 11.3. The lowest BCUT2D eigenvalue weighted by Crippen LogP contribution is -2.29. The van der Waals surface area contributed by atoms with Crippen LogP contribution in [0.25, 0.3) is 0 Å². The van der Waals surface area contributed by atoms with Gasteiger partial charge in [0.1, 0.15) is 5.75 Å². The Morgan fingerprint density at radius 3 is 2.23 bits per heavy atom. The zero-order valence-electron chi connectivity index (χ0n) is 15.5. The van der Waals surface area contributed by atoms with E-state index in [1.807, 2.05) is 33.8 Å². The lowest BCUT2D eigenvalue weighted by molar-refractivity contribution is -0.146. The third-order valence-electron chi connectivity index (χ3n) is 3.95. The Labute approximate surface area is 151 Å². The third-order valence-corrected chi connectivity index (χ3v) is 3.95. The summed E-state index contributed by atoms with van der Waals surface area (Å²) >= 11 is 0. The second kappa shape index (κ2) is 7.11. The molecule has 2 rings (SSSR count). The van der Waals surface area contributed by atoms with Crippen LogP contribution in [0.5, 0.6) is 17.5 Å². The minimum atomic E-state index is -0.724. The van der Waals surface area contributed by atoms with E-state index < -0.39 is 17.4 Å². The first-order chi connectivity index (χ1) is 12.0. The van der Waals surface area contributed by atoms with E-state index in [0.717, 1.165) is 16.7 Å². The van der Waals surface area contributed by atoms with Crippen molar-refractivity contribution in [1.82, 2.24) is 4.73 Å². The van der Waals surface area contributed by atoms with Gasteiger partial charge in [-0.25, -0.2) is 4.79 Å². The highest BCUT2D eigenvalue weighted by Gasteiger charge is 2.31. The van der Waals surface area contributed by atoms with E-state index in [2.05, 4.69) is 0 Å². The summed E-state index contributed by atoms with van der Waals surface area (Å²) in [6.07, 6.45) is -0.0672. The summed E-state index contributed by atoms with van der Waals surface area (Å²) in [4.78, 5) is 28.8. The highest BCUT2D eigenvalue weighted by molar-refractivity contribution is 5.74. The topological polar surface area (TPSA) is 98.0 Å². The van der Waals surface area contributed by atoms with Crippen LogP contribution in [0.1, 0.15) is 43.9 Å². The molecule has 2 N–H and O–H groups in total. The van der Waals surface area contributed by atoms with Crippen LogP contribution in [-0.2, 0) is 15.0 Å². The Morgan fingerprint density at radius 2 is 1.69 bits per heavy atom. The molecule has 0 unspecified atom stereocenters. The molecule has 2 aromatic rings. The van der Waals surface area contributed by atoms with Crippen molar-refractivity contribution < 1.29 is 29.4 Å². The minimum Gasteiger partial charge on any atom is -0.492 e. The average molecular weight is 361 g/mol. The molecule has 0 amide bonds. The predicted octanol–water partition coefficient (Wildman–Crippen LogP) is 2.76. The van der Waals surface area contributed by atoms with Gasteiger partial charge < -0.3 is 19.8 Å². The van der Waals surface area contributed by atoms with Gasteiger partial charge in [-0.05, 0) is 31.0 Å². The lowest BCUT2D eigenvalue weighted by atomic mass is 9.78. The van der Waals surface area contributed by atoms with Gasteiger partial charge in [-0.3, -0.25) is 4.79 Å². The van der Waals surface area contributed by atoms with Crippen molar-refractivity contribution in [2.45, 2.75) is 46.5 Å². The van der Waals surface area contributed by atoms with Crippen molar-refractivity contribution in [2.75, 3.05) is 0 Å². The molecule has 1 heterocycles. The number of aryl methyl sites for hydroxylation is 2. The zero-order chi connectivity index (χ0) is 19.6. The van der Waals surface area contributed by atoms with E-state index in [1.165, 1.54) is 19.1 Å². The van der Waals surface area contributed by atoms with Crippen molar-refractivity contribution in [2.24, 2.45) is 0 Å². The van der Waals surface area contributed by atoms with Crippen molar-refractivity contribution in [1.29, 1.82) is 0 Å². The van der Waals surface area contributed by atoms with Gasteiger partial charge in [-0.2, -0.15) is 0 Å². The number of aromatic nitrogens is 1. The molecule has 0 spiro atoms. The van der Waals surface area contributed by atoms with Crippen LogP contribution >= 0.6 is 0 Å². The summed E-state index contributed by atoms with van der Waals surface area (Å²) in [5.74, 6) is -1.48. The quantitative estimate of drug-likeness (QED) is 0.628. The van der Waals surface area contributed by atoms with E-state index in [9.17, 15) is 19.8 Å². The Kier molecular flexibility index (Phi) is 5.30. The summed E-state index contributed by atoms with van der Waals surface area (Å²) in [5.41, 5.74) is 1.81. The van der Waals surface area contributed by atoms with Crippen LogP contribution in [0.4, 0.5) is 0 Å². The molecule has 0 bridgehead atoms. The molecular weight excluding hydrogens is 338 g/mol. The van der Waals surface area contributed by atoms with Crippen LogP contribution < -0.4 is 9.57 Å². The van der Waals surface area contributed by atoms with Gasteiger partial charge in [0, 0.05) is 30.0 Å². The first-order valence-corrected chi connectivity index (χ1v) is 8.12. The van der Waals surface area contributed by atoms with E-state index in [4.69, 9.17) is 9.57 Å². The number of aromatic hydroxyl groups is 2. The molecule has 0 saturated carbocycles. The summed E-state index contributed by atoms with van der Waals surface area (Å²) in [5, 5.41) is 19.2. The molecule has 1 aromatic heterocycles. The summed E-state index contributed by atoms with van der Waals surface area (Å²) in [6, 6.07) is 6.10. The second-order valence-corrected chi connectivity index (χ2v) is 6.92. The molecule has 140 valence electrons. The number of carbonyl (C=O) groups is 2. The number of esters is 1. The maximum absolute atomic E-state index is 12.3. The number of nitrogens with zero attached hydrogens (tertiary/aromatic N) is 1. The number of rotatable bonds is 5. The average Bonchev–Trinajstić information content (AvgIpc) is 2.76. The standard InChI is InChI=1S/C19H23NO6/c1-11-8-12(2)18(14(9-11)25-13(3)21)19(4,5)10-17(24)26-20-15(22)6-7-16(20)23/h6-9,22-23H,10H2,1-5H3. The van der Waals surface area contributed by atoms with Gasteiger partial charge in [0.15, 0.2) is 0 Å². The zero-order valence-corrected chi connectivity index (χ0v) is 15.5. The fourth-order valence-corrected chi connectivity index (χ4v) is 3.11. The Hall–Kier alpha value is -2.96. The molecule has 0 saturated heterocycles. The molecule has 0 fully saturated rings. The van der Waals surface area contributed by atoms with Crippen molar-refractivity contribution in [3.8, 4) is 17.5 Å². The fourth-order valence-electron chi connectivity index (χ4n) is 3.11. The number of ether oxygens (including phenoxy) is 1. The summed E-state index contributed by atoms with van der Waals surface area (Å²) in [6.45, 7) is 8.75. The van der Waals surface area contributed by atoms with Gasteiger partial charge >= 0.3 is 11.9 Å². The molecule has 7 heteroatoms. The molecular formula is C19H23NO6. The van der Waals surface area contributed by atoms with Crippen LogP contribution in [-0.4, -0.2) is 26.9 Å². The van der Waals surface area contributed by atoms with Gasteiger partial charge in [-0.15, -0.1) is 4.73 Å². The molecule has 0 aliphatic carbocycles. The molecule has 0 aliphatic rings. The van der Waals surface area contributed by atoms with Gasteiger partial charge in [0.25, 0.3) is 0 Å². The van der Waals surface area contributed by atoms with E-state index >= 15 is 0 Å². The van der Waals surface area contributed by atoms with Crippen LogP contribution in [0.15, 0.2) is 24.3 Å². The first kappa shape index (κ1) is 19.4. The fraction of sp³-hybridized carbons (Fsp3) is 0.368. The predicted molar refractivity (Wildman–Crippen MR) is 94.2 cm³/mol. The first-order valence-electron chi connectivity index (χ1n) is 8.12. The second-order valence-electron chi connectivity index (χ2n) is 6.92. The summed E-state index contributed by atoms with van der Waals surface area (Å²) < 4.78 is 5.99. The lowest BCUT2D eigenvalue weighted by Gasteiger charge is -2.28. The number of carbonyl (C=O) groups excluding carboxylic acids is 2. The molecule has 0 aliphatic heterocycles.